The number of pyridine rings is 1. The molecular weight excluding hydrogens is 464 g/mol. The predicted octanol–water partition coefficient (Wildman–Crippen LogP) is 3.15. The van der Waals surface area contributed by atoms with Crippen molar-refractivity contribution in [2.24, 2.45) is 0 Å². The molecule has 0 unspecified atom stereocenters. The van der Waals surface area contributed by atoms with Crippen molar-refractivity contribution in [3.8, 4) is 11.3 Å². The summed E-state index contributed by atoms with van der Waals surface area (Å²) in [5.41, 5.74) is 2.03. The number of hydrogen-bond donors (Lipinski definition) is 1. The molecule has 0 spiro atoms. The zero-order chi connectivity index (χ0) is 20.3. The van der Waals surface area contributed by atoms with E-state index in [1.807, 2.05) is 17.5 Å². The lowest BCUT2D eigenvalue weighted by atomic mass is 10.2. The van der Waals surface area contributed by atoms with Crippen LogP contribution in [-0.2, 0) is 16.6 Å². The van der Waals surface area contributed by atoms with E-state index in [9.17, 15) is 13.2 Å². The molecule has 1 aromatic carbocycles. The molecule has 1 amide bonds. The van der Waals surface area contributed by atoms with Gasteiger partial charge in [-0.25, -0.2) is 17.7 Å². The maximum atomic E-state index is 12.5. The Morgan fingerprint density at radius 2 is 1.93 bits per heavy atom. The molecule has 3 rings (SSSR count). The number of carbonyl (C=O) groups excluding carboxylic acids is 1. The van der Waals surface area contributed by atoms with E-state index in [1.165, 1.54) is 31.5 Å². The summed E-state index contributed by atoms with van der Waals surface area (Å²) in [6.07, 6.45) is 3.39. The molecule has 3 aromatic rings. The molecule has 0 saturated carbocycles. The second-order valence-corrected chi connectivity index (χ2v) is 9.89. The molecule has 2 aromatic heterocycles. The van der Waals surface area contributed by atoms with Gasteiger partial charge in [-0.15, -0.1) is 11.3 Å². The number of rotatable bonds is 6. The minimum atomic E-state index is -3.67. The summed E-state index contributed by atoms with van der Waals surface area (Å²) in [5, 5.41) is 5.44. The standard InChI is InChI=1S/C18H17BrN4O3S2/c1-23(2)28(25,26)16-9-13(3-4-14(16)19)18(24)21-10-17-22-15(11-27-17)12-5-7-20-8-6-12/h3-9,11H,10H2,1-2H3,(H,21,24). The summed E-state index contributed by atoms with van der Waals surface area (Å²) >= 11 is 4.67. The lowest BCUT2D eigenvalue weighted by Crippen LogP contribution is -2.25. The van der Waals surface area contributed by atoms with Gasteiger partial charge in [0.2, 0.25) is 10.0 Å². The van der Waals surface area contributed by atoms with Crippen LogP contribution in [0.25, 0.3) is 11.3 Å². The first-order chi connectivity index (χ1) is 13.3. The quantitative estimate of drug-likeness (QED) is 0.584. The van der Waals surface area contributed by atoms with Gasteiger partial charge in [-0.3, -0.25) is 9.78 Å². The largest absolute Gasteiger partial charge is 0.346 e. The van der Waals surface area contributed by atoms with Gasteiger partial charge in [-0.05, 0) is 46.3 Å². The fourth-order valence-corrected chi connectivity index (χ4v) is 4.93. The van der Waals surface area contributed by atoms with Crippen molar-refractivity contribution in [1.29, 1.82) is 0 Å². The molecule has 0 radical (unpaired) electrons. The van der Waals surface area contributed by atoms with Gasteiger partial charge in [0.05, 0.1) is 17.1 Å². The maximum absolute atomic E-state index is 12.5. The molecule has 10 heteroatoms. The van der Waals surface area contributed by atoms with E-state index in [1.54, 1.807) is 24.5 Å². The van der Waals surface area contributed by atoms with E-state index < -0.39 is 10.0 Å². The molecular formula is C18H17BrN4O3S2. The Bertz CT molecular complexity index is 1100. The van der Waals surface area contributed by atoms with Crippen molar-refractivity contribution < 1.29 is 13.2 Å². The first-order valence-electron chi connectivity index (χ1n) is 8.14. The van der Waals surface area contributed by atoms with Gasteiger partial charge in [0.1, 0.15) is 5.01 Å². The third kappa shape index (κ3) is 4.46. The highest BCUT2D eigenvalue weighted by Crippen LogP contribution is 2.25. The van der Waals surface area contributed by atoms with Gasteiger partial charge in [-0.1, -0.05) is 0 Å². The van der Waals surface area contributed by atoms with Crippen LogP contribution in [0.15, 0.2) is 57.5 Å². The fraction of sp³-hybridized carbons (Fsp3) is 0.167. The molecule has 0 aliphatic rings. The normalized spacial score (nSPS) is 11.6. The third-order valence-corrected chi connectivity index (χ3v) is 7.54. The number of sulfonamides is 1. The van der Waals surface area contributed by atoms with Gasteiger partial charge in [0.25, 0.3) is 5.91 Å². The van der Waals surface area contributed by atoms with Crippen LogP contribution in [0.4, 0.5) is 0 Å². The van der Waals surface area contributed by atoms with E-state index in [4.69, 9.17) is 0 Å². The second-order valence-electron chi connectivity index (χ2n) is 5.98. The summed E-state index contributed by atoms with van der Waals surface area (Å²) in [5.74, 6) is -0.372. The molecule has 0 saturated heterocycles. The monoisotopic (exact) mass is 480 g/mol. The average Bonchev–Trinajstić information content (AvgIpc) is 3.16. The number of nitrogens with zero attached hydrogens (tertiary/aromatic N) is 3. The molecule has 28 heavy (non-hydrogen) atoms. The van der Waals surface area contributed by atoms with Gasteiger partial charge < -0.3 is 5.32 Å². The zero-order valence-electron chi connectivity index (χ0n) is 15.1. The van der Waals surface area contributed by atoms with E-state index in [-0.39, 0.29) is 22.9 Å². The SMILES string of the molecule is CN(C)S(=O)(=O)c1cc(C(=O)NCc2nc(-c3ccncc3)cs2)ccc1Br. The number of hydrogen-bond acceptors (Lipinski definition) is 6. The average molecular weight is 481 g/mol. The Hall–Kier alpha value is -2.14. The molecule has 1 N–H and O–H groups in total. The first kappa shape index (κ1) is 20.6. The van der Waals surface area contributed by atoms with Gasteiger partial charge >= 0.3 is 0 Å². The predicted molar refractivity (Wildman–Crippen MR) is 112 cm³/mol. The van der Waals surface area contributed by atoms with Crippen molar-refractivity contribution in [1.82, 2.24) is 19.6 Å². The van der Waals surface area contributed by atoms with Crippen LogP contribution in [-0.4, -0.2) is 42.7 Å². The van der Waals surface area contributed by atoms with Crippen LogP contribution in [0.3, 0.4) is 0 Å². The topological polar surface area (TPSA) is 92.3 Å². The minimum Gasteiger partial charge on any atom is -0.346 e. The third-order valence-electron chi connectivity index (χ3n) is 3.88. The van der Waals surface area contributed by atoms with Crippen molar-refractivity contribution in [2.45, 2.75) is 11.4 Å². The maximum Gasteiger partial charge on any atom is 0.251 e. The van der Waals surface area contributed by atoms with Crippen LogP contribution in [0.1, 0.15) is 15.4 Å². The minimum absolute atomic E-state index is 0.0411. The number of nitrogens with one attached hydrogen (secondary N) is 1. The smallest absolute Gasteiger partial charge is 0.251 e. The molecule has 0 aliphatic carbocycles. The van der Waals surface area contributed by atoms with Gasteiger partial charge in [-0.2, -0.15) is 0 Å². The van der Waals surface area contributed by atoms with Crippen molar-refractivity contribution >= 4 is 43.2 Å². The Balaban J connectivity index is 1.73. The highest BCUT2D eigenvalue weighted by atomic mass is 79.9. The van der Waals surface area contributed by atoms with Crippen LogP contribution in [0.5, 0.6) is 0 Å². The summed E-state index contributed by atoms with van der Waals surface area (Å²) in [4.78, 5) is 21.0. The van der Waals surface area contributed by atoms with E-state index in [0.29, 0.717) is 4.47 Å². The molecule has 7 nitrogen and oxygen atoms in total. The molecule has 0 aliphatic heterocycles. The Morgan fingerprint density at radius 1 is 1.21 bits per heavy atom. The van der Waals surface area contributed by atoms with Crippen molar-refractivity contribution in [3.63, 3.8) is 0 Å². The Morgan fingerprint density at radius 3 is 2.61 bits per heavy atom. The molecule has 0 bridgehead atoms. The fourth-order valence-electron chi connectivity index (χ4n) is 2.34. The second kappa shape index (κ2) is 8.48. The van der Waals surface area contributed by atoms with Crippen molar-refractivity contribution in [3.05, 3.63) is 63.1 Å². The summed E-state index contributed by atoms with van der Waals surface area (Å²) in [7, 11) is -0.783. The molecule has 0 fully saturated rings. The number of benzene rings is 1. The Labute approximate surface area is 175 Å². The van der Waals surface area contributed by atoms with Crippen molar-refractivity contribution in [2.75, 3.05) is 14.1 Å². The molecule has 2 heterocycles. The highest BCUT2D eigenvalue weighted by molar-refractivity contribution is 9.10. The lowest BCUT2D eigenvalue weighted by Gasteiger charge is -2.14. The number of thiazole rings is 1. The van der Waals surface area contributed by atoms with Crippen LogP contribution < -0.4 is 5.32 Å². The highest BCUT2D eigenvalue weighted by Gasteiger charge is 2.22. The lowest BCUT2D eigenvalue weighted by molar-refractivity contribution is 0.0950. The van der Waals surface area contributed by atoms with Crippen LogP contribution in [0.2, 0.25) is 0 Å². The number of aromatic nitrogens is 2. The Kier molecular flexibility index (Phi) is 6.23. The summed E-state index contributed by atoms with van der Waals surface area (Å²) in [6.45, 7) is 0.250. The molecule has 146 valence electrons. The van der Waals surface area contributed by atoms with Gasteiger partial charge in [0.15, 0.2) is 0 Å². The zero-order valence-corrected chi connectivity index (χ0v) is 18.3. The summed E-state index contributed by atoms with van der Waals surface area (Å²) in [6, 6.07) is 8.21. The van der Waals surface area contributed by atoms with Crippen LogP contribution >= 0.6 is 27.3 Å². The molecule has 0 atom stereocenters. The van der Waals surface area contributed by atoms with E-state index >= 15 is 0 Å². The van der Waals surface area contributed by atoms with E-state index in [0.717, 1.165) is 20.6 Å². The number of halogens is 1. The number of amides is 1. The van der Waals surface area contributed by atoms with E-state index in [2.05, 4.69) is 31.2 Å². The summed E-state index contributed by atoms with van der Waals surface area (Å²) < 4.78 is 26.3. The first-order valence-corrected chi connectivity index (χ1v) is 11.3. The van der Waals surface area contributed by atoms with Crippen LogP contribution in [0, 0.1) is 0 Å². The van der Waals surface area contributed by atoms with Gasteiger partial charge in [0, 0.05) is 47.5 Å². The number of carbonyl (C=O) groups is 1.